The van der Waals surface area contributed by atoms with E-state index in [4.69, 9.17) is 22.7 Å². The molecular formula is C10H12N2O2S. The van der Waals surface area contributed by atoms with Crippen LogP contribution in [-0.2, 0) is 9.53 Å². The van der Waals surface area contributed by atoms with E-state index in [2.05, 4.69) is 5.32 Å². The maximum absolute atomic E-state index is 10.5. The lowest BCUT2D eigenvalue weighted by Gasteiger charge is -2.08. The molecule has 0 saturated carbocycles. The van der Waals surface area contributed by atoms with Gasteiger partial charge in [-0.2, -0.15) is 0 Å². The number of ether oxygens (including phenoxy) is 1. The van der Waals surface area contributed by atoms with E-state index < -0.39 is 0 Å². The third kappa shape index (κ3) is 4.42. The molecule has 5 heteroatoms. The van der Waals surface area contributed by atoms with Crippen LogP contribution in [0.4, 0.5) is 11.4 Å². The average Bonchev–Trinajstić information content (AvgIpc) is 2.15. The molecule has 0 aromatic heterocycles. The summed E-state index contributed by atoms with van der Waals surface area (Å²) in [6, 6.07) is 7.17. The molecule has 3 N–H and O–H groups in total. The van der Waals surface area contributed by atoms with Crippen molar-refractivity contribution in [3.8, 4) is 0 Å². The topological polar surface area (TPSA) is 64.3 Å². The number of rotatable bonds is 3. The summed E-state index contributed by atoms with van der Waals surface area (Å²) in [5, 5.41) is 2.91. The van der Waals surface area contributed by atoms with E-state index in [9.17, 15) is 4.79 Å². The van der Waals surface area contributed by atoms with Crippen molar-refractivity contribution in [1.82, 2.24) is 0 Å². The molecule has 15 heavy (non-hydrogen) atoms. The van der Waals surface area contributed by atoms with Crippen LogP contribution >= 0.6 is 12.2 Å². The Hall–Kier alpha value is -1.62. The van der Waals surface area contributed by atoms with Crippen molar-refractivity contribution in [3.05, 3.63) is 24.3 Å². The quantitative estimate of drug-likeness (QED) is 0.463. The molecule has 0 heterocycles. The van der Waals surface area contributed by atoms with Crippen molar-refractivity contribution in [2.24, 2.45) is 0 Å². The molecule has 1 rings (SSSR count). The summed E-state index contributed by atoms with van der Waals surface area (Å²) in [6.45, 7) is 1.42. The first-order valence-corrected chi connectivity index (χ1v) is 4.77. The summed E-state index contributed by atoms with van der Waals surface area (Å²) in [5.74, 6) is -0.355. The molecule has 4 nitrogen and oxygen atoms in total. The summed E-state index contributed by atoms with van der Waals surface area (Å²) in [4.78, 5) is 11.0. The number of hydrogen-bond acceptors (Lipinski definition) is 4. The zero-order chi connectivity index (χ0) is 11.3. The maximum Gasteiger partial charge on any atom is 0.303 e. The van der Waals surface area contributed by atoms with E-state index in [0.29, 0.717) is 10.7 Å². The number of nitrogens with one attached hydrogen (secondary N) is 1. The van der Waals surface area contributed by atoms with Gasteiger partial charge in [0, 0.05) is 18.3 Å². The smallest absolute Gasteiger partial charge is 0.303 e. The predicted molar refractivity (Wildman–Crippen MR) is 63.7 cm³/mol. The summed E-state index contributed by atoms with van der Waals surface area (Å²) < 4.78 is 4.73. The fourth-order valence-electron chi connectivity index (χ4n) is 0.981. The van der Waals surface area contributed by atoms with Crippen molar-refractivity contribution < 1.29 is 9.53 Å². The highest BCUT2D eigenvalue weighted by atomic mass is 32.1. The molecule has 0 spiro atoms. The van der Waals surface area contributed by atoms with Crippen molar-refractivity contribution in [3.63, 3.8) is 0 Å². The lowest BCUT2D eigenvalue weighted by molar-refractivity contribution is -0.139. The first kappa shape index (κ1) is 11.5. The van der Waals surface area contributed by atoms with Crippen LogP contribution < -0.4 is 11.1 Å². The van der Waals surface area contributed by atoms with Gasteiger partial charge in [0.15, 0.2) is 0 Å². The van der Waals surface area contributed by atoms with Gasteiger partial charge in [0.05, 0.1) is 0 Å². The summed E-state index contributed by atoms with van der Waals surface area (Å²) in [7, 11) is 0. The highest BCUT2D eigenvalue weighted by Gasteiger charge is 2.00. The lowest BCUT2D eigenvalue weighted by atomic mass is 10.3. The monoisotopic (exact) mass is 224 g/mol. The van der Waals surface area contributed by atoms with Crippen molar-refractivity contribution in [2.75, 3.05) is 17.7 Å². The number of esters is 1. The molecule has 0 unspecified atom stereocenters. The van der Waals surface area contributed by atoms with Crippen molar-refractivity contribution in [2.45, 2.75) is 6.92 Å². The van der Waals surface area contributed by atoms with Gasteiger partial charge in [-0.3, -0.25) is 4.79 Å². The summed E-state index contributed by atoms with van der Waals surface area (Å²) in [6.07, 6.45) is 0. The first-order chi connectivity index (χ1) is 7.08. The van der Waals surface area contributed by atoms with Crippen molar-refractivity contribution >= 4 is 34.6 Å². The standard InChI is InChI=1S/C10H12N2O2S/c1-7(13)14-6-10(15)12-9-4-2-3-8(11)5-9/h2-5H,6,11H2,1H3,(H,12,15). The Bertz CT molecular complexity index is 379. The molecule has 0 aliphatic heterocycles. The van der Waals surface area contributed by atoms with Crippen molar-refractivity contribution in [1.29, 1.82) is 0 Å². The van der Waals surface area contributed by atoms with Gasteiger partial charge in [0.2, 0.25) is 0 Å². The number of hydrogen-bond donors (Lipinski definition) is 2. The number of anilines is 2. The second kappa shape index (κ2) is 5.31. The number of thiocarbonyl (C=S) groups is 1. The van der Waals surface area contributed by atoms with E-state index in [1.165, 1.54) is 6.92 Å². The molecule has 1 aromatic carbocycles. The van der Waals surface area contributed by atoms with E-state index in [-0.39, 0.29) is 12.6 Å². The fraction of sp³-hybridized carbons (Fsp3) is 0.200. The SMILES string of the molecule is CC(=O)OCC(=S)Nc1cccc(N)c1. The van der Waals surface area contributed by atoms with Gasteiger partial charge in [-0.1, -0.05) is 18.3 Å². The molecule has 0 bridgehead atoms. The zero-order valence-electron chi connectivity index (χ0n) is 8.32. The van der Waals surface area contributed by atoms with E-state index in [0.717, 1.165) is 5.69 Å². The van der Waals surface area contributed by atoms with Crippen LogP contribution in [0.3, 0.4) is 0 Å². The summed E-state index contributed by atoms with van der Waals surface area (Å²) in [5.41, 5.74) is 7.02. The van der Waals surface area contributed by atoms with Gasteiger partial charge in [-0.25, -0.2) is 0 Å². The third-order valence-electron chi connectivity index (χ3n) is 1.58. The highest BCUT2D eigenvalue weighted by molar-refractivity contribution is 7.80. The molecule has 80 valence electrons. The normalized spacial score (nSPS) is 9.40. The minimum absolute atomic E-state index is 0.0828. The Morgan fingerprint density at radius 3 is 2.93 bits per heavy atom. The zero-order valence-corrected chi connectivity index (χ0v) is 9.14. The van der Waals surface area contributed by atoms with Gasteiger partial charge in [0.1, 0.15) is 11.6 Å². The Morgan fingerprint density at radius 1 is 1.60 bits per heavy atom. The number of nitrogen functional groups attached to an aromatic ring is 1. The highest BCUT2D eigenvalue weighted by Crippen LogP contribution is 2.11. The van der Waals surface area contributed by atoms with E-state index in [1.54, 1.807) is 12.1 Å². The Morgan fingerprint density at radius 2 is 2.33 bits per heavy atom. The van der Waals surface area contributed by atoms with Gasteiger partial charge in [0.25, 0.3) is 0 Å². The molecule has 1 aromatic rings. The second-order valence-corrected chi connectivity index (χ2v) is 3.45. The van der Waals surface area contributed by atoms with Gasteiger partial charge < -0.3 is 15.8 Å². The van der Waals surface area contributed by atoms with E-state index in [1.807, 2.05) is 12.1 Å². The lowest BCUT2D eigenvalue weighted by Crippen LogP contribution is -2.17. The largest absolute Gasteiger partial charge is 0.459 e. The minimum Gasteiger partial charge on any atom is -0.459 e. The van der Waals surface area contributed by atoms with Crippen LogP contribution in [0.5, 0.6) is 0 Å². The Labute approximate surface area is 93.4 Å². The molecule has 0 radical (unpaired) electrons. The van der Waals surface area contributed by atoms with Gasteiger partial charge in [-0.15, -0.1) is 0 Å². The Kier molecular flexibility index (Phi) is 4.05. The average molecular weight is 224 g/mol. The number of nitrogens with two attached hydrogens (primary N) is 1. The number of carbonyl (C=O) groups excluding carboxylic acids is 1. The molecule has 0 saturated heterocycles. The molecule has 0 amide bonds. The number of benzene rings is 1. The molecule has 0 atom stereocenters. The fourth-order valence-corrected chi connectivity index (χ4v) is 1.16. The summed E-state index contributed by atoms with van der Waals surface area (Å²) >= 11 is 4.97. The molecule has 0 fully saturated rings. The third-order valence-corrected chi connectivity index (χ3v) is 1.80. The van der Waals surface area contributed by atoms with Crippen LogP contribution in [0.15, 0.2) is 24.3 Å². The maximum atomic E-state index is 10.5. The van der Waals surface area contributed by atoms with Gasteiger partial charge in [-0.05, 0) is 18.2 Å². The second-order valence-electron chi connectivity index (χ2n) is 2.95. The van der Waals surface area contributed by atoms with Gasteiger partial charge >= 0.3 is 5.97 Å². The molecule has 0 aliphatic rings. The Balaban J connectivity index is 2.48. The molecular weight excluding hydrogens is 212 g/mol. The van der Waals surface area contributed by atoms with E-state index >= 15 is 0 Å². The van der Waals surface area contributed by atoms with Crippen LogP contribution in [0.1, 0.15) is 6.92 Å². The van der Waals surface area contributed by atoms with Crippen LogP contribution in [0, 0.1) is 0 Å². The first-order valence-electron chi connectivity index (χ1n) is 4.36. The predicted octanol–water partition coefficient (Wildman–Crippen LogP) is 1.57. The van der Waals surface area contributed by atoms with Crippen LogP contribution in [0.2, 0.25) is 0 Å². The minimum atomic E-state index is -0.355. The van der Waals surface area contributed by atoms with Crippen LogP contribution in [-0.4, -0.2) is 17.6 Å². The van der Waals surface area contributed by atoms with Crippen LogP contribution in [0.25, 0.3) is 0 Å². The molecule has 0 aliphatic carbocycles. The number of carbonyl (C=O) groups is 1.